The van der Waals surface area contributed by atoms with Gasteiger partial charge in [-0.25, -0.2) is 9.97 Å². The molecule has 1 N–H and O–H groups in total. The number of nitro benzene ring substituents is 1. The Labute approximate surface area is 203 Å². The molecule has 4 rings (SSSR count). The van der Waals surface area contributed by atoms with Crippen molar-refractivity contribution in [2.24, 2.45) is 7.05 Å². The van der Waals surface area contributed by atoms with Gasteiger partial charge in [-0.05, 0) is 26.2 Å². The number of nitro groups is 1. The molecule has 0 unspecified atom stereocenters. The minimum absolute atomic E-state index is 0.0280. The van der Waals surface area contributed by atoms with E-state index in [0.717, 1.165) is 28.7 Å². The van der Waals surface area contributed by atoms with Crippen molar-refractivity contribution in [2.45, 2.75) is 0 Å². The monoisotopic (exact) mass is 475 g/mol. The molecule has 0 aliphatic carbocycles. The van der Waals surface area contributed by atoms with E-state index in [1.165, 1.54) is 13.2 Å². The summed E-state index contributed by atoms with van der Waals surface area (Å²) in [5, 5.41) is 16.1. The Bertz CT molecular complexity index is 1370. The summed E-state index contributed by atoms with van der Waals surface area (Å²) in [6.45, 7) is 1.38. The molecule has 182 valence electrons. The van der Waals surface area contributed by atoms with Gasteiger partial charge in [0.05, 0.1) is 23.4 Å². The first-order chi connectivity index (χ1) is 16.8. The first kappa shape index (κ1) is 24.0. The molecule has 4 aromatic rings. The molecular weight excluding hydrogens is 446 g/mol. The van der Waals surface area contributed by atoms with Crippen LogP contribution in [-0.2, 0) is 7.05 Å². The van der Waals surface area contributed by atoms with Crippen molar-refractivity contribution in [1.82, 2.24) is 19.4 Å². The van der Waals surface area contributed by atoms with Gasteiger partial charge in [0.2, 0.25) is 5.95 Å². The van der Waals surface area contributed by atoms with Gasteiger partial charge in [-0.15, -0.1) is 0 Å². The molecule has 0 saturated heterocycles. The number of nitrogens with zero attached hydrogens (tertiary/aromatic N) is 6. The fraction of sp³-hybridized carbons (Fsp3) is 0.280. The molecule has 0 spiro atoms. The van der Waals surface area contributed by atoms with Crippen LogP contribution in [0.1, 0.15) is 0 Å². The van der Waals surface area contributed by atoms with Gasteiger partial charge in [-0.2, -0.15) is 0 Å². The topological polar surface area (TPSA) is 102 Å². The third kappa shape index (κ3) is 5.02. The summed E-state index contributed by atoms with van der Waals surface area (Å²) in [5.41, 5.74) is 3.68. The predicted octanol–water partition coefficient (Wildman–Crippen LogP) is 4.29. The molecule has 0 bridgehead atoms. The van der Waals surface area contributed by atoms with E-state index in [1.54, 1.807) is 12.3 Å². The summed E-state index contributed by atoms with van der Waals surface area (Å²) in [5.74, 6) is 0.776. The fourth-order valence-corrected chi connectivity index (χ4v) is 3.98. The number of likely N-dealkylation sites (N-methyl/N-ethyl adjacent to an activating group) is 2. The van der Waals surface area contributed by atoms with E-state index in [0.29, 0.717) is 29.6 Å². The van der Waals surface area contributed by atoms with Gasteiger partial charge in [0.15, 0.2) is 0 Å². The van der Waals surface area contributed by atoms with Gasteiger partial charge >= 0.3 is 0 Å². The van der Waals surface area contributed by atoms with Crippen molar-refractivity contribution in [3.05, 3.63) is 65.0 Å². The van der Waals surface area contributed by atoms with E-state index >= 15 is 0 Å². The van der Waals surface area contributed by atoms with E-state index < -0.39 is 0 Å². The van der Waals surface area contributed by atoms with Gasteiger partial charge in [-0.1, -0.05) is 18.2 Å². The highest BCUT2D eigenvalue weighted by atomic mass is 16.6. The maximum atomic E-state index is 11.9. The quantitative estimate of drug-likeness (QED) is 0.283. The highest BCUT2D eigenvalue weighted by molar-refractivity contribution is 5.95. The van der Waals surface area contributed by atoms with Crippen LogP contribution in [0.3, 0.4) is 0 Å². The molecule has 0 radical (unpaired) electrons. The number of rotatable bonds is 9. The van der Waals surface area contributed by atoms with Crippen LogP contribution in [0.25, 0.3) is 22.2 Å². The smallest absolute Gasteiger partial charge is 0.294 e. The van der Waals surface area contributed by atoms with E-state index in [4.69, 9.17) is 4.74 Å². The zero-order valence-corrected chi connectivity index (χ0v) is 20.5. The first-order valence-corrected chi connectivity index (χ1v) is 11.1. The van der Waals surface area contributed by atoms with E-state index in [2.05, 4.69) is 32.0 Å². The number of methoxy groups -OCH3 is 1. The maximum Gasteiger partial charge on any atom is 0.294 e. The molecular formula is C25H29N7O3. The van der Waals surface area contributed by atoms with Crippen LogP contribution in [0.2, 0.25) is 0 Å². The summed E-state index contributed by atoms with van der Waals surface area (Å²) >= 11 is 0. The Morgan fingerprint density at radius 1 is 1.14 bits per heavy atom. The number of ether oxygens (including phenoxy) is 1. The van der Waals surface area contributed by atoms with Crippen molar-refractivity contribution in [2.75, 3.05) is 51.6 Å². The van der Waals surface area contributed by atoms with Crippen LogP contribution in [0.4, 0.5) is 23.0 Å². The number of benzene rings is 2. The summed E-state index contributed by atoms with van der Waals surface area (Å²) in [6.07, 6.45) is 3.69. The lowest BCUT2D eigenvalue weighted by Gasteiger charge is -2.22. The van der Waals surface area contributed by atoms with Crippen LogP contribution >= 0.6 is 0 Å². The number of fused-ring (bicyclic) bond motifs is 1. The highest BCUT2D eigenvalue weighted by Gasteiger charge is 2.22. The number of para-hydroxylation sites is 1. The highest BCUT2D eigenvalue weighted by Crippen LogP contribution is 2.39. The molecule has 0 aliphatic heterocycles. The minimum atomic E-state index is -0.389. The SMILES string of the molecule is COc1cc(N(C)CCN(C)C)c([N+](=O)[O-])cc1Nc1nccc(-c2cn(C)c3ccccc23)n1. The Balaban J connectivity index is 1.70. The van der Waals surface area contributed by atoms with Gasteiger partial charge in [-0.3, -0.25) is 10.1 Å². The van der Waals surface area contributed by atoms with Crippen LogP contribution in [0, 0.1) is 10.1 Å². The molecule has 10 nitrogen and oxygen atoms in total. The van der Waals surface area contributed by atoms with Gasteiger partial charge in [0.25, 0.3) is 5.69 Å². The lowest BCUT2D eigenvalue weighted by molar-refractivity contribution is -0.384. The normalized spacial score (nSPS) is 11.1. The molecule has 10 heteroatoms. The Hall–Kier alpha value is -4.18. The number of hydrogen-bond donors (Lipinski definition) is 1. The molecule has 0 saturated carbocycles. The van der Waals surface area contributed by atoms with Crippen molar-refractivity contribution >= 4 is 33.9 Å². The second-order valence-electron chi connectivity index (χ2n) is 8.58. The van der Waals surface area contributed by atoms with Crippen LogP contribution in [0.15, 0.2) is 54.9 Å². The molecule has 0 amide bonds. The summed E-state index contributed by atoms with van der Waals surface area (Å²) < 4.78 is 7.62. The second-order valence-corrected chi connectivity index (χ2v) is 8.58. The second kappa shape index (κ2) is 9.98. The molecule has 2 aromatic heterocycles. The lowest BCUT2D eigenvalue weighted by atomic mass is 10.1. The number of nitrogens with one attached hydrogen (secondary N) is 1. The molecule has 2 heterocycles. The number of anilines is 3. The van der Waals surface area contributed by atoms with Gasteiger partial charge < -0.3 is 24.4 Å². The van der Waals surface area contributed by atoms with E-state index in [-0.39, 0.29) is 10.6 Å². The lowest BCUT2D eigenvalue weighted by Crippen LogP contribution is -2.28. The fourth-order valence-electron chi connectivity index (χ4n) is 3.98. The van der Waals surface area contributed by atoms with Crippen LogP contribution < -0.4 is 15.0 Å². The Morgan fingerprint density at radius 3 is 2.63 bits per heavy atom. The van der Waals surface area contributed by atoms with E-state index in [1.807, 2.05) is 62.4 Å². The zero-order chi connectivity index (χ0) is 25.1. The third-order valence-electron chi connectivity index (χ3n) is 5.86. The Morgan fingerprint density at radius 2 is 1.91 bits per heavy atom. The maximum absolute atomic E-state index is 11.9. The average molecular weight is 476 g/mol. The molecule has 2 aromatic carbocycles. The van der Waals surface area contributed by atoms with Crippen LogP contribution in [0.5, 0.6) is 5.75 Å². The van der Waals surface area contributed by atoms with Crippen molar-refractivity contribution in [1.29, 1.82) is 0 Å². The van der Waals surface area contributed by atoms with Gasteiger partial charge in [0, 0.05) is 68.2 Å². The van der Waals surface area contributed by atoms with Crippen molar-refractivity contribution in [3.8, 4) is 17.0 Å². The number of aryl methyl sites for hydroxylation is 1. The average Bonchev–Trinajstić information content (AvgIpc) is 3.19. The third-order valence-corrected chi connectivity index (χ3v) is 5.86. The summed E-state index contributed by atoms with van der Waals surface area (Å²) in [4.78, 5) is 24.4. The molecule has 0 fully saturated rings. The van der Waals surface area contributed by atoms with Crippen molar-refractivity contribution in [3.63, 3.8) is 0 Å². The number of aromatic nitrogens is 3. The Kier molecular flexibility index (Phi) is 6.83. The molecule has 0 atom stereocenters. The zero-order valence-electron chi connectivity index (χ0n) is 20.5. The minimum Gasteiger partial charge on any atom is -0.494 e. The predicted molar refractivity (Wildman–Crippen MR) is 139 cm³/mol. The number of hydrogen-bond acceptors (Lipinski definition) is 8. The largest absolute Gasteiger partial charge is 0.494 e. The summed E-state index contributed by atoms with van der Waals surface area (Å²) in [6, 6.07) is 13.1. The van der Waals surface area contributed by atoms with Crippen LogP contribution in [-0.4, -0.2) is 65.7 Å². The van der Waals surface area contributed by atoms with E-state index in [9.17, 15) is 10.1 Å². The van der Waals surface area contributed by atoms with Gasteiger partial charge in [0.1, 0.15) is 11.4 Å². The molecule has 0 aliphatic rings. The molecule has 35 heavy (non-hydrogen) atoms. The summed E-state index contributed by atoms with van der Waals surface area (Å²) in [7, 11) is 9.27. The standard InChI is InChI=1S/C25H29N7O3/c1-29(2)12-13-30(3)22-15-24(35-5)20(14-23(22)32(33)34)28-25-26-11-10-19(27-25)18-16-31(4)21-9-7-6-8-17(18)21/h6-11,14-16H,12-13H2,1-5H3,(H,26,27,28). The van der Waals surface area contributed by atoms with Crippen molar-refractivity contribution < 1.29 is 9.66 Å². The first-order valence-electron chi connectivity index (χ1n) is 11.1.